The molecule has 0 atom stereocenters. The number of rotatable bonds is 6. The summed E-state index contributed by atoms with van der Waals surface area (Å²) < 4.78 is 10.5. The van der Waals surface area contributed by atoms with E-state index in [-0.39, 0.29) is 5.91 Å². The van der Waals surface area contributed by atoms with E-state index < -0.39 is 0 Å². The van der Waals surface area contributed by atoms with Crippen LogP contribution >= 0.6 is 0 Å². The average molecular weight is 314 g/mol. The highest BCUT2D eigenvalue weighted by molar-refractivity contribution is 6.02. The summed E-state index contributed by atoms with van der Waals surface area (Å²) in [5.74, 6) is 0.706. The van der Waals surface area contributed by atoms with Gasteiger partial charge in [-0.15, -0.1) is 0 Å². The molecule has 1 fully saturated rings. The van der Waals surface area contributed by atoms with Gasteiger partial charge < -0.3 is 14.5 Å². The van der Waals surface area contributed by atoms with E-state index in [1.165, 1.54) is 12.8 Å². The van der Waals surface area contributed by atoms with Gasteiger partial charge in [-0.05, 0) is 49.7 Å². The highest BCUT2D eigenvalue weighted by Crippen LogP contribution is 2.21. The minimum Gasteiger partial charge on any atom is -0.453 e. The Bertz CT molecular complexity index is 660. The molecule has 122 valence electrons. The van der Waals surface area contributed by atoms with Crippen molar-refractivity contribution in [2.75, 3.05) is 25.5 Å². The number of methoxy groups -OCH3 is 1. The van der Waals surface area contributed by atoms with Crippen LogP contribution in [0.5, 0.6) is 0 Å². The maximum absolute atomic E-state index is 12.4. The van der Waals surface area contributed by atoms with E-state index in [1.807, 2.05) is 18.2 Å². The predicted octanol–water partition coefficient (Wildman–Crippen LogP) is 3.27. The fourth-order valence-electron chi connectivity index (χ4n) is 2.87. The maximum Gasteiger partial charge on any atom is 0.291 e. The molecule has 0 spiro atoms. The highest BCUT2D eigenvalue weighted by Gasteiger charge is 2.16. The number of hydrogen-bond donors (Lipinski definition) is 1. The molecule has 1 aromatic heterocycles. The summed E-state index contributed by atoms with van der Waals surface area (Å²) in [6.07, 6.45) is 2.51. The first-order chi connectivity index (χ1) is 11.3. The van der Waals surface area contributed by atoms with Crippen LogP contribution in [0.3, 0.4) is 0 Å². The van der Waals surface area contributed by atoms with E-state index in [4.69, 9.17) is 9.15 Å². The topological polar surface area (TPSA) is 54.7 Å². The summed E-state index contributed by atoms with van der Waals surface area (Å²) in [6.45, 7) is 3.48. The molecular weight excluding hydrogens is 292 g/mol. The number of nitrogens with one attached hydrogen (secondary N) is 1. The first kappa shape index (κ1) is 15.8. The highest BCUT2D eigenvalue weighted by atomic mass is 16.5. The fourth-order valence-corrected chi connectivity index (χ4v) is 2.87. The van der Waals surface area contributed by atoms with Gasteiger partial charge in [0.2, 0.25) is 0 Å². The lowest BCUT2D eigenvalue weighted by Crippen LogP contribution is -2.20. The minimum absolute atomic E-state index is 0.235. The van der Waals surface area contributed by atoms with Crippen LogP contribution in [0.15, 0.2) is 40.8 Å². The molecule has 1 aromatic carbocycles. The maximum atomic E-state index is 12.4. The van der Waals surface area contributed by atoms with Crippen molar-refractivity contribution in [3.8, 4) is 0 Å². The second-order valence-electron chi connectivity index (χ2n) is 5.79. The molecule has 5 nitrogen and oxygen atoms in total. The smallest absolute Gasteiger partial charge is 0.291 e. The third kappa shape index (κ3) is 4.00. The van der Waals surface area contributed by atoms with Crippen LogP contribution in [0.1, 0.15) is 34.7 Å². The number of likely N-dealkylation sites (tertiary alicyclic amines) is 1. The number of furan rings is 1. The van der Waals surface area contributed by atoms with Crippen molar-refractivity contribution in [2.24, 2.45) is 0 Å². The number of hydrogen-bond acceptors (Lipinski definition) is 4. The number of ether oxygens (including phenoxy) is 1. The Morgan fingerprint density at radius 2 is 2.00 bits per heavy atom. The fraction of sp³-hybridized carbons (Fsp3) is 0.389. The van der Waals surface area contributed by atoms with Crippen LogP contribution in [0.2, 0.25) is 0 Å². The van der Waals surface area contributed by atoms with Gasteiger partial charge in [-0.3, -0.25) is 9.69 Å². The summed E-state index contributed by atoms with van der Waals surface area (Å²) in [5.41, 5.74) is 1.97. The molecule has 0 radical (unpaired) electrons. The first-order valence-corrected chi connectivity index (χ1v) is 7.95. The van der Waals surface area contributed by atoms with Gasteiger partial charge in [-0.25, -0.2) is 0 Å². The SMILES string of the molecule is COCc1ccc(C(=O)Nc2ccccc2CN2CCCC2)o1. The van der Waals surface area contributed by atoms with Crippen molar-refractivity contribution in [1.29, 1.82) is 0 Å². The number of anilines is 1. The lowest BCUT2D eigenvalue weighted by atomic mass is 10.1. The zero-order valence-corrected chi connectivity index (χ0v) is 13.4. The molecule has 5 heteroatoms. The lowest BCUT2D eigenvalue weighted by molar-refractivity contribution is 0.0987. The van der Waals surface area contributed by atoms with Crippen molar-refractivity contribution in [2.45, 2.75) is 26.0 Å². The number of benzene rings is 1. The van der Waals surface area contributed by atoms with E-state index in [9.17, 15) is 4.79 Å². The zero-order chi connectivity index (χ0) is 16.1. The van der Waals surface area contributed by atoms with E-state index in [1.54, 1.807) is 19.2 Å². The number of amides is 1. The molecule has 2 aromatic rings. The summed E-state index contributed by atoms with van der Waals surface area (Å²) in [7, 11) is 1.59. The molecule has 23 heavy (non-hydrogen) atoms. The Hall–Kier alpha value is -2.11. The second kappa shape index (κ2) is 7.44. The molecule has 1 amide bonds. The molecule has 0 aliphatic carbocycles. The van der Waals surface area contributed by atoms with E-state index >= 15 is 0 Å². The van der Waals surface area contributed by atoms with E-state index in [2.05, 4.69) is 16.3 Å². The molecule has 1 aliphatic rings. The molecule has 1 N–H and O–H groups in total. The Kier molecular flexibility index (Phi) is 5.10. The number of carbonyl (C=O) groups is 1. The molecule has 0 saturated carbocycles. The zero-order valence-electron chi connectivity index (χ0n) is 13.4. The van der Waals surface area contributed by atoms with Gasteiger partial charge in [0.05, 0.1) is 0 Å². The van der Waals surface area contributed by atoms with Gasteiger partial charge in [0, 0.05) is 19.3 Å². The summed E-state index contributed by atoms with van der Waals surface area (Å²) >= 11 is 0. The van der Waals surface area contributed by atoms with Crippen LogP contribution in [-0.4, -0.2) is 31.0 Å². The summed E-state index contributed by atoms with van der Waals surface area (Å²) in [5, 5.41) is 2.96. The molecule has 1 aliphatic heterocycles. The standard InChI is InChI=1S/C18H22N2O3/c1-22-13-15-8-9-17(23-15)18(21)19-16-7-3-2-6-14(16)12-20-10-4-5-11-20/h2-3,6-9H,4-5,10-13H2,1H3,(H,19,21). The Labute approximate surface area is 136 Å². The van der Waals surface area contributed by atoms with Gasteiger partial charge in [-0.1, -0.05) is 18.2 Å². The molecule has 2 heterocycles. The Balaban J connectivity index is 1.69. The molecular formula is C18H22N2O3. The van der Waals surface area contributed by atoms with E-state index in [0.717, 1.165) is 30.9 Å². The second-order valence-corrected chi connectivity index (χ2v) is 5.79. The van der Waals surface area contributed by atoms with Gasteiger partial charge in [0.15, 0.2) is 5.76 Å². The van der Waals surface area contributed by atoms with Crippen LogP contribution in [0.4, 0.5) is 5.69 Å². The molecule has 1 saturated heterocycles. The van der Waals surface area contributed by atoms with Crippen molar-refractivity contribution in [1.82, 2.24) is 4.90 Å². The largest absolute Gasteiger partial charge is 0.453 e. The van der Waals surface area contributed by atoms with Crippen molar-refractivity contribution < 1.29 is 13.9 Å². The van der Waals surface area contributed by atoms with Gasteiger partial charge >= 0.3 is 0 Å². The van der Waals surface area contributed by atoms with Crippen LogP contribution < -0.4 is 5.32 Å². The third-order valence-corrected chi connectivity index (χ3v) is 4.03. The first-order valence-electron chi connectivity index (χ1n) is 7.95. The van der Waals surface area contributed by atoms with Gasteiger partial charge in [0.25, 0.3) is 5.91 Å². The number of nitrogens with zero attached hydrogens (tertiary/aromatic N) is 1. The van der Waals surface area contributed by atoms with Crippen LogP contribution in [0, 0.1) is 0 Å². The molecule has 3 rings (SSSR count). The van der Waals surface area contributed by atoms with Crippen molar-refractivity contribution in [3.63, 3.8) is 0 Å². The molecule has 0 unspecified atom stereocenters. The predicted molar refractivity (Wildman–Crippen MR) is 88.3 cm³/mol. The number of para-hydroxylation sites is 1. The van der Waals surface area contributed by atoms with E-state index in [0.29, 0.717) is 18.1 Å². The summed E-state index contributed by atoms with van der Waals surface area (Å²) in [6, 6.07) is 11.4. The lowest BCUT2D eigenvalue weighted by Gasteiger charge is -2.17. The quantitative estimate of drug-likeness (QED) is 0.889. The third-order valence-electron chi connectivity index (χ3n) is 4.03. The van der Waals surface area contributed by atoms with Crippen LogP contribution in [-0.2, 0) is 17.9 Å². The van der Waals surface area contributed by atoms with Crippen LogP contribution in [0.25, 0.3) is 0 Å². The molecule has 0 bridgehead atoms. The Morgan fingerprint density at radius 3 is 2.78 bits per heavy atom. The monoisotopic (exact) mass is 314 g/mol. The summed E-state index contributed by atoms with van der Waals surface area (Å²) in [4.78, 5) is 14.8. The van der Waals surface area contributed by atoms with Crippen molar-refractivity contribution >= 4 is 11.6 Å². The normalized spacial score (nSPS) is 15.0. The average Bonchev–Trinajstić information content (AvgIpc) is 3.21. The minimum atomic E-state index is -0.235. The Morgan fingerprint density at radius 1 is 1.22 bits per heavy atom. The van der Waals surface area contributed by atoms with Gasteiger partial charge in [-0.2, -0.15) is 0 Å². The van der Waals surface area contributed by atoms with Crippen molar-refractivity contribution in [3.05, 3.63) is 53.5 Å². The van der Waals surface area contributed by atoms with Gasteiger partial charge in [0.1, 0.15) is 12.4 Å². The number of carbonyl (C=O) groups excluding carboxylic acids is 1.